The van der Waals surface area contributed by atoms with E-state index in [1.807, 2.05) is 20.8 Å². The maximum absolute atomic E-state index is 12.6. The van der Waals surface area contributed by atoms with Crippen molar-refractivity contribution in [1.82, 2.24) is 10.1 Å². The van der Waals surface area contributed by atoms with Crippen molar-refractivity contribution in [3.05, 3.63) is 11.8 Å². The molecule has 0 bridgehead atoms. The zero-order valence-electron chi connectivity index (χ0n) is 15.8. The Bertz CT molecular complexity index is 606. The third-order valence-corrected chi connectivity index (χ3v) is 4.33. The molecule has 2 unspecified atom stereocenters. The Morgan fingerprint density at radius 2 is 2.16 bits per heavy atom. The van der Waals surface area contributed by atoms with Crippen molar-refractivity contribution in [2.45, 2.75) is 77.9 Å². The van der Waals surface area contributed by atoms with Crippen LogP contribution in [-0.4, -0.2) is 40.2 Å². The molecular weight excluding hydrogens is 322 g/mol. The van der Waals surface area contributed by atoms with Gasteiger partial charge in [0, 0.05) is 18.5 Å². The minimum Gasteiger partial charge on any atom is -0.444 e. The molecule has 0 saturated carbocycles. The molecule has 2 amide bonds. The van der Waals surface area contributed by atoms with Gasteiger partial charge in [-0.1, -0.05) is 19.0 Å². The maximum atomic E-state index is 12.6. The van der Waals surface area contributed by atoms with E-state index in [0.717, 1.165) is 25.0 Å². The van der Waals surface area contributed by atoms with E-state index < -0.39 is 17.7 Å². The number of nitrogens with zero attached hydrogens (tertiary/aromatic N) is 2. The van der Waals surface area contributed by atoms with E-state index in [9.17, 15) is 9.59 Å². The lowest BCUT2D eigenvalue weighted by Crippen LogP contribution is -2.51. The van der Waals surface area contributed by atoms with Crippen LogP contribution in [0.1, 0.15) is 71.9 Å². The van der Waals surface area contributed by atoms with Gasteiger partial charge in [-0.05, 0) is 46.5 Å². The van der Waals surface area contributed by atoms with Crippen molar-refractivity contribution in [3.63, 3.8) is 0 Å². The van der Waals surface area contributed by atoms with E-state index in [-0.39, 0.29) is 11.8 Å². The molecule has 2 heterocycles. The highest BCUT2D eigenvalue weighted by atomic mass is 16.6. The number of anilines is 1. The van der Waals surface area contributed by atoms with E-state index in [4.69, 9.17) is 9.26 Å². The highest BCUT2D eigenvalue weighted by Crippen LogP contribution is 2.24. The molecule has 1 saturated heterocycles. The first kappa shape index (κ1) is 19.3. The lowest BCUT2D eigenvalue weighted by Gasteiger charge is -2.35. The van der Waals surface area contributed by atoms with E-state index in [0.29, 0.717) is 18.8 Å². The van der Waals surface area contributed by atoms with Gasteiger partial charge in [0.1, 0.15) is 11.6 Å². The fourth-order valence-electron chi connectivity index (χ4n) is 2.74. The lowest BCUT2D eigenvalue weighted by molar-refractivity contribution is -0.122. The molecule has 0 spiro atoms. The molecule has 1 aliphatic rings. The summed E-state index contributed by atoms with van der Waals surface area (Å²) in [5.74, 6) is 0.315. The van der Waals surface area contributed by atoms with Gasteiger partial charge in [0.05, 0.1) is 5.69 Å². The Morgan fingerprint density at radius 3 is 2.80 bits per heavy atom. The average Bonchev–Trinajstić information content (AvgIpc) is 3.01. The highest BCUT2D eigenvalue weighted by molar-refractivity contribution is 5.95. The number of carbonyl (C=O) groups is 2. The number of nitrogens with one attached hydrogen (secondary N) is 1. The molecule has 1 fully saturated rings. The van der Waals surface area contributed by atoms with Crippen LogP contribution in [0.5, 0.6) is 0 Å². The molecule has 1 N–H and O–H groups in total. The predicted octanol–water partition coefficient (Wildman–Crippen LogP) is 3.92. The van der Waals surface area contributed by atoms with Crippen LogP contribution >= 0.6 is 0 Å². The summed E-state index contributed by atoms with van der Waals surface area (Å²) in [5.41, 5.74) is 0.219. The Kier molecular flexibility index (Phi) is 6.08. The first-order valence-corrected chi connectivity index (χ1v) is 8.98. The first-order chi connectivity index (χ1) is 11.7. The summed E-state index contributed by atoms with van der Waals surface area (Å²) in [6, 6.07) is 1.19. The third-order valence-electron chi connectivity index (χ3n) is 4.33. The molecule has 7 heteroatoms. The minimum atomic E-state index is -0.592. The summed E-state index contributed by atoms with van der Waals surface area (Å²) >= 11 is 0. The fourth-order valence-corrected chi connectivity index (χ4v) is 2.74. The predicted molar refractivity (Wildman–Crippen MR) is 94.4 cm³/mol. The number of piperidine rings is 1. The lowest BCUT2D eigenvalue weighted by atomic mass is 10.0. The van der Waals surface area contributed by atoms with Crippen LogP contribution in [0.3, 0.4) is 0 Å². The Morgan fingerprint density at radius 1 is 1.44 bits per heavy atom. The van der Waals surface area contributed by atoms with Gasteiger partial charge in [-0.3, -0.25) is 15.0 Å². The minimum absolute atomic E-state index is 0.266. The normalized spacial score (nSPS) is 19.4. The number of hydrogen-bond acceptors (Lipinski definition) is 5. The van der Waals surface area contributed by atoms with Gasteiger partial charge in [-0.25, -0.2) is 4.79 Å². The van der Waals surface area contributed by atoms with Gasteiger partial charge in [0.25, 0.3) is 0 Å². The number of ether oxygens (including phenoxy) is 1. The summed E-state index contributed by atoms with van der Waals surface area (Å²) in [6.45, 7) is 10.1. The zero-order chi connectivity index (χ0) is 18.6. The number of carbonyl (C=O) groups excluding carboxylic acids is 2. The largest absolute Gasteiger partial charge is 0.444 e. The summed E-state index contributed by atoms with van der Waals surface area (Å²) in [7, 11) is 0. The Balaban J connectivity index is 2.05. The number of rotatable bonds is 4. The van der Waals surface area contributed by atoms with Crippen molar-refractivity contribution in [2.75, 3.05) is 11.9 Å². The second kappa shape index (κ2) is 7.89. The number of likely N-dealkylation sites (tertiary alicyclic amines) is 1. The Labute approximate surface area is 149 Å². The van der Waals surface area contributed by atoms with E-state index >= 15 is 0 Å². The molecule has 1 aromatic heterocycles. The van der Waals surface area contributed by atoms with Crippen molar-refractivity contribution in [2.24, 2.45) is 0 Å². The second-order valence-electron chi connectivity index (χ2n) is 7.60. The molecule has 140 valence electrons. The molecule has 2 atom stereocenters. The molecule has 1 aliphatic heterocycles. The Hall–Kier alpha value is -2.05. The quantitative estimate of drug-likeness (QED) is 0.889. The standard InChI is InChI=1S/C18H29N3O4/c1-6-12(2)13-11-15(25-20-13)19-16(22)14-9-7-8-10-21(14)17(23)24-18(3,4)5/h11-12,14H,6-10H2,1-5H3,(H,19,22). The smallest absolute Gasteiger partial charge is 0.410 e. The average molecular weight is 351 g/mol. The molecule has 7 nitrogen and oxygen atoms in total. The third kappa shape index (κ3) is 5.21. The molecule has 0 aromatic carbocycles. The molecule has 25 heavy (non-hydrogen) atoms. The van der Waals surface area contributed by atoms with Crippen molar-refractivity contribution in [3.8, 4) is 0 Å². The van der Waals surface area contributed by atoms with Crippen LogP contribution in [0, 0.1) is 0 Å². The molecule has 2 rings (SSSR count). The van der Waals surface area contributed by atoms with E-state index in [1.54, 1.807) is 6.07 Å². The summed E-state index contributed by atoms with van der Waals surface area (Å²) in [6.07, 6.45) is 2.85. The van der Waals surface area contributed by atoms with E-state index in [2.05, 4.69) is 24.3 Å². The van der Waals surface area contributed by atoms with Gasteiger partial charge in [0.15, 0.2) is 0 Å². The molecule has 0 aliphatic carbocycles. The van der Waals surface area contributed by atoms with Crippen LogP contribution in [0.15, 0.2) is 10.6 Å². The molecule has 0 radical (unpaired) electrons. The van der Waals surface area contributed by atoms with Crippen LogP contribution in [-0.2, 0) is 9.53 Å². The van der Waals surface area contributed by atoms with Crippen LogP contribution in [0.4, 0.5) is 10.7 Å². The first-order valence-electron chi connectivity index (χ1n) is 8.98. The SMILES string of the molecule is CCC(C)c1cc(NC(=O)C2CCCCN2C(=O)OC(C)(C)C)on1. The summed E-state index contributed by atoms with van der Waals surface area (Å²) < 4.78 is 10.6. The number of amides is 2. The van der Waals surface area contributed by atoms with Crippen molar-refractivity contribution >= 4 is 17.9 Å². The maximum Gasteiger partial charge on any atom is 0.410 e. The summed E-state index contributed by atoms with van der Waals surface area (Å²) in [5, 5.41) is 6.73. The topological polar surface area (TPSA) is 84.7 Å². The zero-order valence-corrected chi connectivity index (χ0v) is 15.8. The van der Waals surface area contributed by atoms with Crippen molar-refractivity contribution < 1.29 is 18.8 Å². The number of aromatic nitrogens is 1. The van der Waals surface area contributed by atoms with Gasteiger partial charge < -0.3 is 9.26 Å². The summed E-state index contributed by atoms with van der Waals surface area (Å²) in [4.78, 5) is 26.6. The van der Waals surface area contributed by atoms with Gasteiger partial charge >= 0.3 is 6.09 Å². The monoisotopic (exact) mass is 351 g/mol. The number of hydrogen-bond donors (Lipinski definition) is 1. The fraction of sp³-hybridized carbons (Fsp3) is 0.722. The van der Waals surface area contributed by atoms with Crippen LogP contribution in [0.2, 0.25) is 0 Å². The van der Waals surface area contributed by atoms with Crippen LogP contribution < -0.4 is 5.32 Å². The second-order valence-corrected chi connectivity index (χ2v) is 7.60. The van der Waals surface area contributed by atoms with Gasteiger partial charge in [0.2, 0.25) is 11.8 Å². The van der Waals surface area contributed by atoms with Gasteiger partial charge in [-0.2, -0.15) is 0 Å². The van der Waals surface area contributed by atoms with Crippen LogP contribution in [0.25, 0.3) is 0 Å². The van der Waals surface area contributed by atoms with E-state index in [1.165, 1.54) is 4.90 Å². The van der Waals surface area contributed by atoms with Crippen molar-refractivity contribution in [1.29, 1.82) is 0 Å². The molecular formula is C18H29N3O4. The van der Waals surface area contributed by atoms with Gasteiger partial charge in [-0.15, -0.1) is 0 Å². The highest BCUT2D eigenvalue weighted by Gasteiger charge is 2.35. The molecule has 1 aromatic rings.